The monoisotopic (exact) mass is 341 g/mol. The largest absolute Gasteiger partial charge is 0.502 e. The average molecular weight is 342 g/mol. The van der Waals surface area contributed by atoms with Crippen molar-refractivity contribution in [3.05, 3.63) is 61.6 Å². The van der Waals surface area contributed by atoms with E-state index < -0.39 is 23.0 Å². The molecule has 0 aliphatic heterocycles. The van der Waals surface area contributed by atoms with Crippen molar-refractivity contribution in [1.82, 2.24) is 0 Å². The van der Waals surface area contributed by atoms with Gasteiger partial charge >= 0.3 is 0 Å². The topological polar surface area (TPSA) is 93.5 Å². The van der Waals surface area contributed by atoms with E-state index in [1.54, 1.807) is 19.1 Å². The highest BCUT2D eigenvalue weighted by Crippen LogP contribution is 2.37. The summed E-state index contributed by atoms with van der Waals surface area (Å²) >= 11 is 12.0. The van der Waals surface area contributed by atoms with Gasteiger partial charge in [0.25, 0.3) is 0 Å². The molecular formula is C15H13Cl2NO4. The maximum Gasteiger partial charge on any atom is 0.227 e. The lowest BCUT2D eigenvalue weighted by Crippen LogP contribution is -2.18. The minimum Gasteiger partial charge on any atom is -0.502 e. The standard InChI is InChI=1S/C15H13Cl2NO4/c1-7-4-12(19)14(21)15(22-7)10(6-13(18)20)9-3-2-8(16)5-11(9)17/h2-5,10,21H,6H2,1H3,(H2,18,20). The van der Waals surface area contributed by atoms with Crippen molar-refractivity contribution in [3.63, 3.8) is 0 Å². The molecule has 1 atom stereocenters. The van der Waals surface area contributed by atoms with Gasteiger partial charge in [-0.05, 0) is 24.6 Å². The van der Waals surface area contributed by atoms with E-state index in [0.717, 1.165) is 6.07 Å². The van der Waals surface area contributed by atoms with E-state index in [1.807, 2.05) is 0 Å². The molecule has 0 saturated heterocycles. The van der Waals surface area contributed by atoms with E-state index in [-0.39, 0.29) is 17.2 Å². The molecule has 116 valence electrons. The Kier molecular flexibility index (Phi) is 4.78. The van der Waals surface area contributed by atoms with Crippen LogP contribution in [0, 0.1) is 6.92 Å². The van der Waals surface area contributed by atoms with Crippen LogP contribution >= 0.6 is 23.2 Å². The quantitative estimate of drug-likeness (QED) is 0.893. The van der Waals surface area contributed by atoms with E-state index in [0.29, 0.717) is 16.3 Å². The van der Waals surface area contributed by atoms with Crippen LogP contribution in [-0.4, -0.2) is 11.0 Å². The Bertz CT molecular complexity index is 786. The minimum absolute atomic E-state index is 0.0481. The summed E-state index contributed by atoms with van der Waals surface area (Å²) in [5.74, 6) is -1.72. The van der Waals surface area contributed by atoms with E-state index in [9.17, 15) is 14.7 Å². The molecule has 1 heterocycles. The van der Waals surface area contributed by atoms with Crippen molar-refractivity contribution < 1.29 is 14.3 Å². The first kappa shape index (κ1) is 16.4. The highest BCUT2D eigenvalue weighted by atomic mass is 35.5. The minimum atomic E-state index is -0.783. The Hall–Kier alpha value is -1.98. The van der Waals surface area contributed by atoms with Crippen LogP contribution in [0.15, 0.2) is 33.5 Å². The second-order valence-corrected chi connectivity index (χ2v) is 5.67. The van der Waals surface area contributed by atoms with Gasteiger partial charge in [0, 0.05) is 22.5 Å². The lowest BCUT2D eigenvalue weighted by Gasteiger charge is -2.18. The Morgan fingerprint density at radius 1 is 1.36 bits per heavy atom. The van der Waals surface area contributed by atoms with Crippen molar-refractivity contribution in [2.75, 3.05) is 0 Å². The molecule has 1 amide bonds. The molecule has 1 aromatic carbocycles. The SMILES string of the molecule is Cc1cc(=O)c(O)c(C(CC(N)=O)c2ccc(Cl)cc2Cl)o1. The fraction of sp³-hybridized carbons (Fsp3) is 0.200. The van der Waals surface area contributed by atoms with Gasteiger partial charge in [0.05, 0.1) is 5.92 Å². The molecule has 0 radical (unpaired) electrons. The van der Waals surface area contributed by atoms with Crippen molar-refractivity contribution in [3.8, 4) is 5.75 Å². The van der Waals surface area contributed by atoms with Crippen molar-refractivity contribution in [2.45, 2.75) is 19.3 Å². The smallest absolute Gasteiger partial charge is 0.227 e. The molecule has 1 unspecified atom stereocenters. The van der Waals surface area contributed by atoms with Gasteiger partial charge in [-0.3, -0.25) is 9.59 Å². The molecule has 0 aliphatic carbocycles. The van der Waals surface area contributed by atoms with Gasteiger partial charge in [0.15, 0.2) is 5.76 Å². The predicted molar refractivity (Wildman–Crippen MR) is 83.5 cm³/mol. The van der Waals surface area contributed by atoms with Crippen LogP contribution in [0.3, 0.4) is 0 Å². The Balaban J connectivity index is 2.66. The lowest BCUT2D eigenvalue weighted by atomic mass is 9.92. The number of nitrogens with two attached hydrogens (primary N) is 1. The molecule has 22 heavy (non-hydrogen) atoms. The first-order chi connectivity index (χ1) is 10.3. The first-order valence-corrected chi connectivity index (χ1v) is 7.12. The number of hydrogen-bond donors (Lipinski definition) is 2. The number of hydrogen-bond acceptors (Lipinski definition) is 4. The second-order valence-electron chi connectivity index (χ2n) is 4.82. The fourth-order valence-electron chi connectivity index (χ4n) is 2.19. The van der Waals surface area contributed by atoms with Crippen LogP contribution in [0.4, 0.5) is 0 Å². The molecule has 0 bridgehead atoms. The number of rotatable bonds is 4. The van der Waals surface area contributed by atoms with Gasteiger partial charge in [-0.2, -0.15) is 0 Å². The third-order valence-corrected chi connectivity index (χ3v) is 3.69. The van der Waals surface area contributed by atoms with Crippen LogP contribution in [0.25, 0.3) is 0 Å². The maximum absolute atomic E-state index is 11.7. The molecule has 1 aromatic heterocycles. The number of aromatic hydroxyl groups is 1. The summed E-state index contributed by atoms with van der Waals surface area (Å²) in [6.07, 6.45) is -0.179. The Labute approximate surface area is 136 Å². The zero-order valence-electron chi connectivity index (χ0n) is 11.6. The third kappa shape index (κ3) is 3.43. The molecule has 0 fully saturated rings. The fourth-order valence-corrected chi connectivity index (χ4v) is 2.73. The number of primary amides is 1. The maximum atomic E-state index is 11.7. The van der Waals surface area contributed by atoms with Gasteiger partial charge in [-0.15, -0.1) is 0 Å². The van der Waals surface area contributed by atoms with Gasteiger partial charge in [-0.25, -0.2) is 0 Å². The third-order valence-electron chi connectivity index (χ3n) is 3.13. The predicted octanol–water partition coefficient (Wildman–Crippen LogP) is 2.97. The summed E-state index contributed by atoms with van der Waals surface area (Å²) in [6.45, 7) is 1.56. The van der Waals surface area contributed by atoms with E-state index in [2.05, 4.69) is 0 Å². The number of halogens is 2. The first-order valence-electron chi connectivity index (χ1n) is 6.36. The summed E-state index contributed by atoms with van der Waals surface area (Å²) in [5.41, 5.74) is 5.15. The van der Waals surface area contributed by atoms with Crippen LogP contribution < -0.4 is 11.2 Å². The van der Waals surface area contributed by atoms with Gasteiger partial charge < -0.3 is 15.3 Å². The normalized spacial score (nSPS) is 12.1. The number of aryl methyl sites for hydroxylation is 1. The average Bonchev–Trinajstić information content (AvgIpc) is 2.40. The van der Waals surface area contributed by atoms with E-state index >= 15 is 0 Å². The molecule has 0 aliphatic rings. The van der Waals surface area contributed by atoms with Crippen molar-refractivity contribution >= 4 is 29.1 Å². The molecule has 7 heteroatoms. The van der Waals surface area contributed by atoms with Gasteiger partial charge in [-0.1, -0.05) is 29.3 Å². The Morgan fingerprint density at radius 2 is 2.05 bits per heavy atom. The van der Waals surface area contributed by atoms with Crippen molar-refractivity contribution in [1.29, 1.82) is 0 Å². The molecule has 5 nitrogen and oxygen atoms in total. The zero-order valence-corrected chi connectivity index (χ0v) is 13.1. The molecular weight excluding hydrogens is 329 g/mol. The summed E-state index contributed by atoms with van der Waals surface area (Å²) in [7, 11) is 0. The van der Waals surface area contributed by atoms with Crippen LogP contribution in [0.5, 0.6) is 5.75 Å². The summed E-state index contributed by atoms with van der Waals surface area (Å²) in [5, 5.41) is 10.7. The van der Waals surface area contributed by atoms with Crippen LogP contribution in [0.2, 0.25) is 10.0 Å². The van der Waals surface area contributed by atoms with Gasteiger partial charge in [0.2, 0.25) is 17.1 Å². The molecule has 0 spiro atoms. The number of benzene rings is 1. The van der Waals surface area contributed by atoms with Crippen molar-refractivity contribution in [2.24, 2.45) is 5.73 Å². The molecule has 3 N–H and O–H groups in total. The molecule has 0 saturated carbocycles. The van der Waals surface area contributed by atoms with E-state index in [4.69, 9.17) is 33.4 Å². The number of carbonyl (C=O) groups is 1. The Morgan fingerprint density at radius 3 is 2.64 bits per heavy atom. The zero-order chi connectivity index (χ0) is 16.4. The summed E-state index contributed by atoms with van der Waals surface area (Å²) in [6, 6.07) is 5.84. The van der Waals surface area contributed by atoms with Gasteiger partial charge in [0.1, 0.15) is 5.76 Å². The molecule has 2 rings (SSSR count). The number of amides is 1. The highest BCUT2D eigenvalue weighted by molar-refractivity contribution is 6.35. The van der Waals surface area contributed by atoms with Crippen LogP contribution in [0.1, 0.15) is 29.4 Å². The summed E-state index contributed by atoms with van der Waals surface area (Å²) < 4.78 is 5.44. The second kappa shape index (κ2) is 6.42. The number of carbonyl (C=O) groups excluding carboxylic acids is 1. The van der Waals surface area contributed by atoms with Crippen LogP contribution in [-0.2, 0) is 4.79 Å². The highest BCUT2D eigenvalue weighted by Gasteiger charge is 2.26. The lowest BCUT2D eigenvalue weighted by molar-refractivity contribution is -0.118. The van der Waals surface area contributed by atoms with E-state index in [1.165, 1.54) is 6.07 Å². The summed E-state index contributed by atoms with van der Waals surface area (Å²) in [4.78, 5) is 23.1. The molecule has 2 aromatic rings.